The molecule has 0 atom stereocenters. The minimum Gasteiger partial charge on any atom is -0.338 e. The molecule has 0 unspecified atom stereocenters. The molecule has 0 spiro atoms. The van der Waals surface area contributed by atoms with Crippen molar-refractivity contribution < 1.29 is 0 Å². The van der Waals surface area contributed by atoms with Gasteiger partial charge in [-0.1, -0.05) is 29.8 Å². The summed E-state index contributed by atoms with van der Waals surface area (Å²) in [6.45, 7) is 0. The first-order chi connectivity index (χ1) is 10.2. The highest BCUT2D eigenvalue weighted by Crippen LogP contribution is 2.22. The Morgan fingerprint density at radius 1 is 0.952 bits per heavy atom. The van der Waals surface area contributed by atoms with Crippen LogP contribution in [0.1, 0.15) is 0 Å². The number of aromatic amines is 2. The minimum atomic E-state index is -0.168. The maximum absolute atomic E-state index is 12.2. The second-order valence-corrected chi connectivity index (χ2v) is 5.28. The summed E-state index contributed by atoms with van der Waals surface area (Å²) in [4.78, 5) is 22.7. The lowest BCUT2D eigenvalue weighted by Crippen LogP contribution is -2.09. The zero-order valence-corrected chi connectivity index (χ0v) is 11.6. The first kappa shape index (κ1) is 12.2. The minimum absolute atomic E-state index is 0.168. The summed E-state index contributed by atoms with van der Waals surface area (Å²) >= 11 is 5.97. The van der Waals surface area contributed by atoms with E-state index in [-0.39, 0.29) is 5.56 Å². The quantitative estimate of drug-likeness (QED) is 0.562. The molecule has 0 aliphatic carbocycles. The third-order valence-electron chi connectivity index (χ3n) is 3.45. The van der Waals surface area contributed by atoms with Crippen molar-refractivity contribution in [2.75, 3.05) is 0 Å². The third-order valence-corrected chi connectivity index (χ3v) is 3.69. The van der Waals surface area contributed by atoms with Gasteiger partial charge in [-0.15, -0.1) is 0 Å². The molecule has 4 nitrogen and oxygen atoms in total. The number of aromatic nitrogens is 3. The fourth-order valence-corrected chi connectivity index (χ4v) is 2.60. The van der Waals surface area contributed by atoms with Crippen LogP contribution in [0, 0.1) is 0 Å². The number of nitrogens with zero attached hydrogens (tertiary/aromatic N) is 1. The van der Waals surface area contributed by atoms with E-state index in [2.05, 4.69) is 15.0 Å². The van der Waals surface area contributed by atoms with E-state index in [9.17, 15) is 4.79 Å². The van der Waals surface area contributed by atoms with Gasteiger partial charge in [0, 0.05) is 10.5 Å². The number of hydrogen-bond acceptors (Lipinski definition) is 2. The van der Waals surface area contributed by atoms with Crippen molar-refractivity contribution in [2.24, 2.45) is 0 Å². The van der Waals surface area contributed by atoms with Gasteiger partial charge in [-0.2, -0.15) is 0 Å². The monoisotopic (exact) mass is 295 g/mol. The standard InChI is InChI=1S/C16H10ClN3O/c17-10-5-6-13-14(8-10)19-15(18-13)11-7-9-3-1-2-4-12(9)20-16(11)21/h1-8H,(H,18,19)(H,20,21). The van der Waals surface area contributed by atoms with E-state index in [1.165, 1.54) is 0 Å². The van der Waals surface area contributed by atoms with Gasteiger partial charge in [0.25, 0.3) is 5.56 Å². The molecule has 0 aliphatic heterocycles. The van der Waals surface area contributed by atoms with Crippen LogP contribution in [0.15, 0.2) is 53.3 Å². The lowest BCUT2D eigenvalue weighted by atomic mass is 10.1. The molecule has 4 rings (SSSR count). The number of hydrogen-bond donors (Lipinski definition) is 2. The van der Waals surface area contributed by atoms with Gasteiger partial charge in [0.2, 0.25) is 0 Å². The molecular weight excluding hydrogens is 286 g/mol. The highest BCUT2D eigenvalue weighted by atomic mass is 35.5. The van der Waals surface area contributed by atoms with Crippen LogP contribution in [0.2, 0.25) is 5.02 Å². The van der Waals surface area contributed by atoms with Crippen molar-refractivity contribution in [3.63, 3.8) is 0 Å². The molecule has 4 aromatic rings. The number of nitrogens with one attached hydrogen (secondary N) is 2. The van der Waals surface area contributed by atoms with Crippen molar-refractivity contribution in [3.05, 3.63) is 63.9 Å². The fraction of sp³-hybridized carbons (Fsp3) is 0. The Kier molecular flexibility index (Phi) is 2.59. The fourth-order valence-electron chi connectivity index (χ4n) is 2.43. The maximum atomic E-state index is 12.2. The molecule has 0 bridgehead atoms. The summed E-state index contributed by atoms with van der Waals surface area (Å²) < 4.78 is 0. The smallest absolute Gasteiger partial charge is 0.259 e. The van der Waals surface area contributed by atoms with Crippen LogP contribution in [0.5, 0.6) is 0 Å². The van der Waals surface area contributed by atoms with E-state index >= 15 is 0 Å². The predicted molar refractivity (Wildman–Crippen MR) is 84.7 cm³/mol. The number of benzene rings is 2. The first-order valence-corrected chi connectivity index (χ1v) is 6.86. The molecule has 0 amide bonds. The van der Waals surface area contributed by atoms with Crippen molar-refractivity contribution >= 4 is 33.5 Å². The molecule has 2 aromatic heterocycles. The summed E-state index contributed by atoms with van der Waals surface area (Å²) in [6, 6.07) is 14.9. The Morgan fingerprint density at radius 3 is 2.71 bits per heavy atom. The van der Waals surface area contributed by atoms with E-state index in [0.717, 1.165) is 21.9 Å². The van der Waals surface area contributed by atoms with Crippen molar-refractivity contribution in [1.82, 2.24) is 15.0 Å². The summed E-state index contributed by atoms with van der Waals surface area (Å²) in [5.41, 5.74) is 2.75. The molecule has 21 heavy (non-hydrogen) atoms. The Hall–Kier alpha value is -2.59. The number of halogens is 1. The number of H-pyrrole nitrogens is 2. The van der Waals surface area contributed by atoms with Crippen LogP contribution in [0.25, 0.3) is 33.3 Å². The second-order valence-electron chi connectivity index (χ2n) is 4.85. The molecule has 0 radical (unpaired) electrons. The number of rotatable bonds is 1. The topological polar surface area (TPSA) is 61.5 Å². The summed E-state index contributed by atoms with van der Waals surface area (Å²) in [7, 11) is 0. The van der Waals surface area contributed by atoms with Crippen LogP contribution in [-0.4, -0.2) is 15.0 Å². The lowest BCUT2D eigenvalue weighted by molar-refractivity contribution is 1.25. The average molecular weight is 296 g/mol. The highest BCUT2D eigenvalue weighted by molar-refractivity contribution is 6.31. The van der Waals surface area contributed by atoms with Crippen molar-refractivity contribution in [1.29, 1.82) is 0 Å². The average Bonchev–Trinajstić information content (AvgIpc) is 2.89. The maximum Gasteiger partial charge on any atom is 0.259 e. The van der Waals surface area contributed by atoms with Crippen molar-refractivity contribution in [2.45, 2.75) is 0 Å². The molecule has 0 fully saturated rings. The number of fused-ring (bicyclic) bond motifs is 2. The summed E-state index contributed by atoms with van der Waals surface area (Å²) in [5.74, 6) is 0.541. The Labute approximate surface area is 124 Å². The van der Waals surface area contributed by atoms with Gasteiger partial charge in [0.05, 0.1) is 16.6 Å². The largest absolute Gasteiger partial charge is 0.338 e. The van der Waals surface area contributed by atoms with Crippen molar-refractivity contribution in [3.8, 4) is 11.4 Å². The molecule has 102 valence electrons. The van der Waals surface area contributed by atoms with E-state index < -0.39 is 0 Å². The molecule has 2 N–H and O–H groups in total. The Bertz CT molecular complexity index is 1030. The third kappa shape index (κ3) is 2.00. The molecular formula is C16H10ClN3O. The van der Waals surface area contributed by atoms with Crippen LogP contribution in [0.4, 0.5) is 0 Å². The summed E-state index contributed by atoms with van der Waals surface area (Å²) in [6.07, 6.45) is 0. The molecule has 5 heteroatoms. The van der Waals surface area contributed by atoms with Crippen LogP contribution in [-0.2, 0) is 0 Å². The van der Waals surface area contributed by atoms with Gasteiger partial charge in [-0.25, -0.2) is 4.98 Å². The first-order valence-electron chi connectivity index (χ1n) is 6.48. The van der Waals surface area contributed by atoms with Gasteiger partial charge in [-0.3, -0.25) is 4.79 Å². The van der Waals surface area contributed by atoms with Gasteiger partial charge in [-0.05, 0) is 35.7 Å². The van der Waals surface area contributed by atoms with Crippen LogP contribution in [0.3, 0.4) is 0 Å². The van der Waals surface area contributed by atoms with Gasteiger partial charge in [0.1, 0.15) is 5.82 Å². The Balaban J connectivity index is 1.99. The zero-order valence-electron chi connectivity index (χ0n) is 10.9. The van der Waals surface area contributed by atoms with Gasteiger partial charge >= 0.3 is 0 Å². The van der Waals surface area contributed by atoms with E-state index in [0.29, 0.717) is 16.4 Å². The predicted octanol–water partition coefficient (Wildman–Crippen LogP) is 3.72. The molecule has 2 aromatic carbocycles. The number of imidazole rings is 1. The normalized spacial score (nSPS) is 11.3. The molecule has 0 saturated carbocycles. The Morgan fingerprint density at radius 2 is 1.81 bits per heavy atom. The van der Waals surface area contributed by atoms with Crippen LogP contribution >= 0.6 is 11.6 Å². The van der Waals surface area contributed by atoms with Gasteiger partial charge in [0.15, 0.2) is 0 Å². The second kappa shape index (κ2) is 4.46. The van der Waals surface area contributed by atoms with Crippen LogP contribution < -0.4 is 5.56 Å². The van der Waals surface area contributed by atoms with E-state index in [1.807, 2.05) is 36.4 Å². The lowest BCUT2D eigenvalue weighted by Gasteiger charge is -2.00. The summed E-state index contributed by atoms with van der Waals surface area (Å²) in [5, 5.41) is 1.59. The zero-order chi connectivity index (χ0) is 14.4. The van der Waals surface area contributed by atoms with Gasteiger partial charge < -0.3 is 9.97 Å². The van der Waals surface area contributed by atoms with E-state index in [1.54, 1.807) is 12.1 Å². The van der Waals surface area contributed by atoms with E-state index in [4.69, 9.17) is 11.6 Å². The molecule has 0 saturated heterocycles. The molecule has 0 aliphatic rings. The highest BCUT2D eigenvalue weighted by Gasteiger charge is 2.10. The molecule has 2 heterocycles. The SMILES string of the molecule is O=c1[nH]c2ccccc2cc1-c1nc2ccc(Cl)cc2[nH]1. The number of pyridine rings is 1. The number of para-hydroxylation sites is 1.